The first-order chi connectivity index (χ1) is 19.3. The van der Waals surface area contributed by atoms with Crippen LogP contribution in [0, 0.1) is 24.1 Å². The second-order valence-electron chi connectivity index (χ2n) is 11.5. The lowest BCUT2D eigenvalue weighted by Crippen LogP contribution is -2.51. The van der Waals surface area contributed by atoms with Gasteiger partial charge in [0.1, 0.15) is 41.8 Å². The molecule has 6 heterocycles. The van der Waals surface area contributed by atoms with E-state index in [2.05, 4.69) is 20.8 Å². The second kappa shape index (κ2) is 10.4. The first-order valence-corrected chi connectivity index (χ1v) is 14.0. The number of ether oxygens (including phenoxy) is 2. The number of alkyl halides is 1. The molecule has 214 valence electrons. The van der Waals surface area contributed by atoms with Gasteiger partial charge < -0.3 is 24.6 Å². The summed E-state index contributed by atoms with van der Waals surface area (Å²) in [6, 6.07) is -0.408. The van der Waals surface area contributed by atoms with Crippen molar-refractivity contribution in [3.05, 3.63) is 17.1 Å². The molecule has 3 fully saturated rings. The lowest BCUT2D eigenvalue weighted by molar-refractivity contribution is 0.0875. The molecular formula is C29H35F2N5O4. The number of nitrogens with zero attached hydrogens (tertiary/aromatic N) is 5. The third-order valence-corrected chi connectivity index (χ3v) is 9.20. The van der Waals surface area contributed by atoms with Crippen LogP contribution in [-0.2, 0) is 0 Å². The van der Waals surface area contributed by atoms with Crippen LogP contribution in [0.15, 0.2) is 5.57 Å². The van der Waals surface area contributed by atoms with Crippen LogP contribution >= 0.6 is 0 Å². The maximum Gasteiger partial charge on any atom is 0.319 e. The Morgan fingerprint density at radius 1 is 1.27 bits per heavy atom. The normalized spacial score (nSPS) is 29.2. The molecule has 1 unspecified atom stereocenters. The van der Waals surface area contributed by atoms with Crippen LogP contribution in [0.5, 0.6) is 11.9 Å². The third kappa shape index (κ3) is 4.37. The quantitative estimate of drug-likeness (QED) is 0.521. The highest BCUT2D eigenvalue weighted by atomic mass is 19.1. The molecule has 2 aromatic heterocycles. The number of aliphatic hydroxyl groups is 2. The number of hydrogen-bond donors (Lipinski definition) is 2. The van der Waals surface area contributed by atoms with Crippen molar-refractivity contribution in [3.63, 3.8) is 0 Å². The van der Waals surface area contributed by atoms with Gasteiger partial charge >= 0.3 is 6.01 Å². The molecule has 0 spiro atoms. The Labute approximate surface area is 232 Å². The fourth-order valence-electron chi connectivity index (χ4n) is 6.80. The number of anilines is 1. The van der Waals surface area contributed by atoms with E-state index in [1.165, 1.54) is 0 Å². The van der Waals surface area contributed by atoms with Crippen LogP contribution in [-0.4, -0.2) is 93.4 Å². The van der Waals surface area contributed by atoms with Gasteiger partial charge in [-0.05, 0) is 51.6 Å². The molecule has 0 radical (unpaired) electrons. The Bertz CT molecular complexity index is 1400. The van der Waals surface area contributed by atoms with Crippen LogP contribution in [0.4, 0.5) is 14.6 Å². The van der Waals surface area contributed by atoms with Crippen molar-refractivity contribution in [2.24, 2.45) is 5.92 Å². The largest absolute Gasteiger partial charge is 0.475 e. The number of terminal acetylenes is 1. The molecule has 4 aliphatic rings. The maximum atomic E-state index is 16.4. The summed E-state index contributed by atoms with van der Waals surface area (Å²) < 4.78 is 42.9. The number of piperidine rings is 1. The maximum absolute atomic E-state index is 16.4. The van der Waals surface area contributed by atoms with E-state index in [0.717, 1.165) is 25.8 Å². The summed E-state index contributed by atoms with van der Waals surface area (Å²) >= 11 is 0. The van der Waals surface area contributed by atoms with E-state index >= 15 is 4.39 Å². The van der Waals surface area contributed by atoms with E-state index in [0.29, 0.717) is 48.3 Å². The van der Waals surface area contributed by atoms with E-state index in [9.17, 15) is 14.6 Å². The standard InChI is InChI=1S/C29H35F2N5O4/c1-4-18(13-37)16(2)17(3)24-23(31)25-22-26(36-10-5-7-21(38)20(36)14-39-27(22)32-24)34-28(33-25)40-15-29-8-6-9-35(29)12-19(30)11-29/h1,18-21,37-38H,5-15H2,2-3H3/b17-16-/t18?,19-,20+,21+,29+/m1/s1. The van der Waals surface area contributed by atoms with Gasteiger partial charge in [0.2, 0.25) is 5.88 Å². The van der Waals surface area contributed by atoms with Crippen molar-refractivity contribution in [1.82, 2.24) is 19.9 Å². The number of fused-ring (bicyclic) bond motifs is 3. The molecule has 4 aliphatic heterocycles. The van der Waals surface area contributed by atoms with Crippen LogP contribution in [0.25, 0.3) is 16.5 Å². The summed E-state index contributed by atoms with van der Waals surface area (Å²) in [5.41, 5.74) is 0.668. The molecule has 5 atom stereocenters. The smallest absolute Gasteiger partial charge is 0.319 e. The molecule has 0 bridgehead atoms. The zero-order valence-electron chi connectivity index (χ0n) is 22.9. The van der Waals surface area contributed by atoms with Gasteiger partial charge in [-0.25, -0.2) is 13.8 Å². The molecule has 3 saturated heterocycles. The van der Waals surface area contributed by atoms with Crippen molar-refractivity contribution >= 4 is 22.3 Å². The Morgan fingerprint density at radius 2 is 2.10 bits per heavy atom. The van der Waals surface area contributed by atoms with Gasteiger partial charge in [-0.15, -0.1) is 6.42 Å². The average Bonchev–Trinajstić information content (AvgIpc) is 3.41. The van der Waals surface area contributed by atoms with Crippen molar-refractivity contribution in [1.29, 1.82) is 0 Å². The molecule has 0 aliphatic carbocycles. The lowest BCUT2D eigenvalue weighted by Gasteiger charge is -2.38. The minimum absolute atomic E-state index is 0.00955. The molecular weight excluding hydrogens is 520 g/mol. The number of aliphatic hydroxyl groups excluding tert-OH is 2. The molecule has 40 heavy (non-hydrogen) atoms. The van der Waals surface area contributed by atoms with Gasteiger partial charge in [-0.2, -0.15) is 9.97 Å². The van der Waals surface area contributed by atoms with Crippen LogP contribution in [0.2, 0.25) is 0 Å². The van der Waals surface area contributed by atoms with Gasteiger partial charge in [0.15, 0.2) is 5.82 Å². The minimum atomic E-state index is -0.906. The van der Waals surface area contributed by atoms with Gasteiger partial charge in [0, 0.05) is 19.5 Å². The summed E-state index contributed by atoms with van der Waals surface area (Å²) in [5.74, 6) is 1.82. The zero-order chi connectivity index (χ0) is 28.2. The highest BCUT2D eigenvalue weighted by Gasteiger charge is 2.49. The van der Waals surface area contributed by atoms with Crippen molar-refractivity contribution < 1.29 is 28.5 Å². The van der Waals surface area contributed by atoms with Crippen LogP contribution in [0.3, 0.4) is 0 Å². The van der Waals surface area contributed by atoms with E-state index in [1.54, 1.807) is 13.8 Å². The van der Waals surface area contributed by atoms with Crippen molar-refractivity contribution in [2.45, 2.75) is 69.8 Å². The number of halogens is 2. The Balaban J connectivity index is 1.48. The second-order valence-corrected chi connectivity index (χ2v) is 11.5. The summed E-state index contributed by atoms with van der Waals surface area (Å²) in [5, 5.41) is 20.8. The first-order valence-electron chi connectivity index (χ1n) is 14.0. The molecule has 2 aromatic rings. The topological polar surface area (TPSA) is 104 Å². The Kier molecular flexibility index (Phi) is 7.05. The van der Waals surface area contributed by atoms with E-state index in [4.69, 9.17) is 20.9 Å². The fraction of sp³-hybridized carbons (Fsp3) is 0.621. The number of pyridine rings is 1. The Hall–Kier alpha value is -3.07. The number of hydrogen-bond acceptors (Lipinski definition) is 9. The zero-order valence-corrected chi connectivity index (χ0v) is 22.9. The SMILES string of the molecule is C#CC(CO)/C(C)=C(/C)c1nc2c3c(nc(OC[C@@]45CCCN4C[C@H](F)C5)nc3c1F)N1CCC[C@H](O)[C@@H]1CO2. The summed E-state index contributed by atoms with van der Waals surface area (Å²) in [4.78, 5) is 17.9. The van der Waals surface area contributed by atoms with Gasteiger partial charge in [-0.1, -0.05) is 11.5 Å². The summed E-state index contributed by atoms with van der Waals surface area (Å²) in [6.45, 7) is 5.31. The average molecular weight is 556 g/mol. The predicted molar refractivity (Wildman–Crippen MR) is 145 cm³/mol. The van der Waals surface area contributed by atoms with Gasteiger partial charge in [0.25, 0.3) is 0 Å². The van der Waals surface area contributed by atoms with Crippen molar-refractivity contribution in [2.75, 3.05) is 44.4 Å². The molecule has 0 saturated carbocycles. The number of allylic oxidation sites excluding steroid dienone is 1. The van der Waals surface area contributed by atoms with Gasteiger partial charge in [-0.3, -0.25) is 4.90 Å². The number of rotatable bonds is 6. The predicted octanol–water partition coefficient (Wildman–Crippen LogP) is 2.88. The summed E-state index contributed by atoms with van der Waals surface area (Å²) in [7, 11) is 0. The first kappa shape index (κ1) is 27.1. The molecule has 6 rings (SSSR count). The molecule has 2 N–H and O–H groups in total. The van der Waals surface area contributed by atoms with Gasteiger partial charge in [0.05, 0.1) is 30.2 Å². The monoisotopic (exact) mass is 555 g/mol. The lowest BCUT2D eigenvalue weighted by atomic mass is 9.95. The van der Waals surface area contributed by atoms with E-state index in [-0.39, 0.29) is 42.9 Å². The number of aromatic nitrogens is 3. The Morgan fingerprint density at radius 3 is 2.88 bits per heavy atom. The molecule has 0 aromatic carbocycles. The molecule has 9 nitrogen and oxygen atoms in total. The summed E-state index contributed by atoms with van der Waals surface area (Å²) in [6.07, 6.45) is 7.55. The third-order valence-electron chi connectivity index (χ3n) is 9.20. The fourth-order valence-corrected chi connectivity index (χ4v) is 6.80. The van der Waals surface area contributed by atoms with E-state index in [1.807, 2.05) is 4.90 Å². The highest BCUT2D eigenvalue weighted by molar-refractivity contribution is 5.96. The van der Waals surface area contributed by atoms with Crippen molar-refractivity contribution in [3.8, 4) is 24.2 Å². The molecule has 11 heteroatoms. The highest BCUT2D eigenvalue weighted by Crippen LogP contribution is 2.43. The molecule has 0 amide bonds. The van der Waals surface area contributed by atoms with Crippen LogP contribution < -0.4 is 14.4 Å². The minimum Gasteiger partial charge on any atom is -0.475 e. The van der Waals surface area contributed by atoms with E-state index < -0.39 is 35.6 Å². The van der Waals surface area contributed by atoms with Crippen LogP contribution in [0.1, 0.15) is 51.6 Å².